The molecule has 0 aliphatic carbocycles. The molecule has 0 fully saturated rings. The van der Waals surface area contributed by atoms with Crippen molar-refractivity contribution in [1.29, 1.82) is 0 Å². The highest BCUT2D eigenvalue weighted by Gasteiger charge is 2.22. The molecule has 0 radical (unpaired) electrons. The van der Waals surface area contributed by atoms with Gasteiger partial charge in [0.2, 0.25) is 5.91 Å². The summed E-state index contributed by atoms with van der Waals surface area (Å²) < 4.78 is 0. The second-order valence-corrected chi connectivity index (χ2v) is 11.1. The Morgan fingerprint density at radius 2 is 1.89 bits per heavy atom. The molecule has 0 spiro atoms. The molecule has 2 N–H and O–H groups in total. The Kier molecular flexibility index (Phi) is 4.70. The Hall–Kier alpha value is -1.13. The topological polar surface area (TPSA) is 46.3 Å². The molecule has 1 rings (SSSR count). The number of carbonyl (C=O) groups is 1. The van der Waals surface area contributed by atoms with Gasteiger partial charge in [-0.25, -0.2) is 0 Å². The fourth-order valence-corrected chi connectivity index (χ4v) is 3.54. The zero-order chi connectivity index (χ0) is 13.9. The molecule has 4 heteroatoms. The van der Waals surface area contributed by atoms with Gasteiger partial charge in [0.05, 0.1) is 8.07 Å². The van der Waals surface area contributed by atoms with Crippen LogP contribution in [0.25, 0.3) is 0 Å². The quantitative estimate of drug-likeness (QED) is 0.818. The van der Waals surface area contributed by atoms with E-state index in [2.05, 4.69) is 36.7 Å². The summed E-state index contributed by atoms with van der Waals surface area (Å²) in [5.41, 5.74) is 7.40. The van der Waals surface area contributed by atoms with Crippen LogP contribution in [0.1, 0.15) is 15.9 Å². The summed E-state index contributed by atoms with van der Waals surface area (Å²) in [5.74, 6) is -0.306. The Morgan fingerprint density at radius 3 is 2.33 bits per heavy atom. The lowest BCUT2D eigenvalue weighted by Gasteiger charge is -2.20. The van der Waals surface area contributed by atoms with Crippen LogP contribution < -0.4 is 10.9 Å². The maximum absolute atomic E-state index is 11.6. The smallest absolute Gasteiger partial charge is 0.248 e. The lowest BCUT2D eigenvalue weighted by molar-refractivity contribution is 0.100. The van der Waals surface area contributed by atoms with Crippen molar-refractivity contribution < 1.29 is 4.79 Å². The van der Waals surface area contributed by atoms with Crippen LogP contribution in [-0.4, -0.2) is 39.5 Å². The van der Waals surface area contributed by atoms with Crippen molar-refractivity contribution in [2.24, 2.45) is 5.73 Å². The first-order valence-corrected chi connectivity index (χ1v) is 9.80. The number of primary amides is 1. The van der Waals surface area contributed by atoms with Crippen LogP contribution in [-0.2, 0) is 6.42 Å². The standard InChI is InChI=1S/C14H24N2OSi/c1-16(2)9-8-11-6-7-13(18(3,4)5)12(10-11)14(15)17/h6-7,10H,8-9H2,1-5H3,(H2,15,17). The summed E-state index contributed by atoms with van der Waals surface area (Å²) in [4.78, 5) is 13.7. The Morgan fingerprint density at radius 1 is 1.28 bits per heavy atom. The number of likely N-dealkylation sites (N-methyl/N-ethyl adjacent to an activating group) is 1. The number of amides is 1. The van der Waals surface area contributed by atoms with Crippen LogP contribution in [0.15, 0.2) is 18.2 Å². The average molecular weight is 264 g/mol. The number of nitrogens with two attached hydrogens (primary N) is 1. The Labute approximate surface area is 111 Å². The molecule has 3 nitrogen and oxygen atoms in total. The normalized spacial score (nSPS) is 11.9. The summed E-state index contributed by atoms with van der Waals surface area (Å²) in [6.07, 6.45) is 0.944. The van der Waals surface area contributed by atoms with E-state index in [9.17, 15) is 4.79 Å². The maximum atomic E-state index is 11.6. The first-order chi connectivity index (χ1) is 8.21. The van der Waals surface area contributed by atoms with Gasteiger partial charge in [0.15, 0.2) is 0 Å². The zero-order valence-electron chi connectivity index (χ0n) is 12.1. The highest BCUT2D eigenvalue weighted by Crippen LogP contribution is 2.10. The van der Waals surface area contributed by atoms with Crippen molar-refractivity contribution in [2.75, 3.05) is 20.6 Å². The molecule has 0 aliphatic heterocycles. The molecule has 0 bridgehead atoms. The third-order valence-corrected chi connectivity index (χ3v) is 5.06. The Balaban J connectivity index is 3.08. The fraction of sp³-hybridized carbons (Fsp3) is 0.500. The van der Waals surface area contributed by atoms with Gasteiger partial charge in [0.25, 0.3) is 0 Å². The molecule has 100 valence electrons. The SMILES string of the molecule is CN(C)CCc1ccc([Si](C)(C)C)c(C(N)=O)c1. The predicted molar refractivity (Wildman–Crippen MR) is 80.2 cm³/mol. The molecule has 1 aromatic rings. The zero-order valence-corrected chi connectivity index (χ0v) is 13.1. The summed E-state index contributed by atoms with van der Waals surface area (Å²) >= 11 is 0. The lowest BCUT2D eigenvalue weighted by Crippen LogP contribution is -2.42. The number of carbonyl (C=O) groups excluding carboxylic acids is 1. The van der Waals surface area contributed by atoms with E-state index in [0.717, 1.165) is 18.2 Å². The first kappa shape index (κ1) is 14.9. The molecule has 0 heterocycles. The monoisotopic (exact) mass is 264 g/mol. The van der Waals surface area contributed by atoms with Crippen LogP contribution in [0.5, 0.6) is 0 Å². The van der Waals surface area contributed by atoms with E-state index in [4.69, 9.17) is 5.73 Å². The Bertz CT molecular complexity index is 436. The number of hydrogen-bond acceptors (Lipinski definition) is 2. The van der Waals surface area contributed by atoms with E-state index in [1.165, 1.54) is 5.56 Å². The van der Waals surface area contributed by atoms with Crippen LogP contribution in [0.4, 0.5) is 0 Å². The van der Waals surface area contributed by atoms with Gasteiger partial charge in [0.1, 0.15) is 0 Å². The number of benzene rings is 1. The predicted octanol–water partition coefficient (Wildman–Crippen LogP) is 1.43. The van der Waals surface area contributed by atoms with Gasteiger partial charge in [-0.15, -0.1) is 0 Å². The van der Waals surface area contributed by atoms with Crippen LogP contribution >= 0.6 is 0 Å². The second-order valence-electron chi connectivity index (χ2n) is 6.05. The molecule has 0 aliphatic rings. The first-order valence-electron chi connectivity index (χ1n) is 6.30. The van der Waals surface area contributed by atoms with Crippen LogP contribution in [0, 0.1) is 0 Å². The van der Waals surface area contributed by atoms with Gasteiger partial charge in [0, 0.05) is 12.1 Å². The molecule has 0 saturated heterocycles. The van der Waals surface area contributed by atoms with Crippen molar-refractivity contribution in [2.45, 2.75) is 26.1 Å². The maximum Gasteiger partial charge on any atom is 0.248 e. The minimum Gasteiger partial charge on any atom is -0.366 e. The summed E-state index contributed by atoms with van der Waals surface area (Å²) in [6.45, 7) is 7.67. The van der Waals surface area contributed by atoms with Gasteiger partial charge in [-0.1, -0.05) is 31.8 Å². The molecule has 18 heavy (non-hydrogen) atoms. The van der Waals surface area contributed by atoms with Crippen molar-refractivity contribution in [3.8, 4) is 0 Å². The van der Waals surface area contributed by atoms with E-state index >= 15 is 0 Å². The molecule has 0 saturated carbocycles. The van der Waals surface area contributed by atoms with Gasteiger partial charge in [-0.05, 0) is 37.3 Å². The number of rotatable bonds is 5. The number of hydrogen-bond donors (Lipinski definition) is 1. The van der Waals surface area contributed by atoms with Crippen LogP contribution in [0.2, 0.25) is 19.6 Å². The van der Waals surface area contributed by atoms with Crippen molar-refractivity contribution >= 4 is 19.2 Å². The molecule has 0 aromatic heterocycles. The van der Waals surface area contributed by atoms with E-state index in [1.54, 1.807) is 0 Å². The van der Waals surface area contributed by atoms with Gasteiger partial charge in [-0.3, -0.25) is 4.79 Å². The summed E-state index contributed by atoms with van der Waals surface area (Å²) in [7, 11) is 2.57. The lowest BCUT2D eigenvalue weighted by atomic mass is 10.1. The number of nitrogens with zero attached hydrogens (tertiary/aromatic N) is 1. The minimum atomic E-state index is -1.52. The molecule has 1 aromatic carbocycles. The van der Waals surface area contributed by atoms with Crippen molar-refractivity contribution in [1.82, 2.24) is 4.90 Å². The second kappa shape index (κ2) is 5.67. The molecule has 0 unspecified atom stereocenters. The average Bonchev–Trinajstić information content (AvgIpc) is 2.24. The molecular weight excluding hydrogens is 240 g/mol. The van der Waals surface area contributed by atoms with E-state index in [-0.39, 0.29) is 5.91 Å². The molecule has 1 amide bonds. The van der Waals surface area contributed by atoms with Gasteiger partial charge < -0.3 is 10.6 Å². The third kappa shape index (κ3) is 3.96. The van der Waals surface area contributed by atoms with Crippen LogP contribution in [0.3, 0.4) is 0 Å². The highest BCUT2D eigenvalue weighted by atomic mass is 28.3. The largest absolute Gasteiger partial charge is 0.366 e. The van der Waals surface area contributed by atoms with Gasteiger partial charge in [-0.2, -0.15) is 0 Å². The third-order valence-electron chi connectivity index (χ3n) is 3.01. The minimum absolute atomic E-state index is 0.306. The van der Waals surface area contributed by atoms with E-state index < -0.39 is 8.07 Å². The van der Waals surface area contributed by atoms with Crippen molar-refractivity contribution in [3.63, 3.8) is 0 Å². The highest BCUT2D eigenvalue weighted by molar-refractivity contribution is 6.89. The molecule has 0 atom stereocenters. The molecular formula is C14H24N2OSi. The summed E-state index contributed by atoms with van der Waals surface area (Å²) in [5, 5.41) is 1.16. The van der Waals surface area contributed by atoms with E-state index in [1.807, 2.05) is 20.2 Å². The van der Waals surface area contributed by atoms with E-state index in [0.29, 0.717) is 5.56 Å². The fourth-order valence-electron chi connectivity index (χ4n) is 1.96. The van der Waals surface area contributed by atoms with Crippen molar-refractivity contribution in [3.05, 3.63) is 29.3 Å². The van der Waals surface area contributed by atoms with Gasteiger partial charge >= 0.3 is 0 Å². The summed E-state index contributed by atoms with van der Waals surface area (Å²) in [6, 6.07) is 6.19.